The number of nitrogens with zero attached hydrogens (tertiary/aromatic N) is 2. The molecule has 0 saturated heterocycles. The van der Waals surface area contributed by atoms with E-state index in [0.717, 1.165) is 0 Å². The van der Waals surface area contributed by atoms with Crippen molar-refractivity contribution in [1.82, 2.24) is 10.3 Å². The second-order valence-electron chi connectivity index (χ2n) is 4.16. The normalized spacial score (nSPS) is 11.8. The number of hydrogen-bond donors (Lipinski definition) is 1. The van der Waals surface area contributed by atoms with E-state index in [0.29, 0.717) is 17.7 Å². The average Bonchev–Trinajstić information content (AvgIpc) is 2.99. The van der Waals surface area contributed by atoms with E-state index in [9.17, 15) is 14.9 Å². The van der Waals surface area contributed by atoms with Crippen LogP contribution in [-0.2, 0) is 0 Å². The van der Waals surface area contributed by atoms with Gasteiger partial charge in [-0.2, -0.15) is 0 Å². The van der Waals surface area contributed by atoms with Crippen LogP contribution < -0.4 is 5.32 Å². The molecule has 0 spiro atoms. The van der Waals surface area contributed by atoms with Gasteiger partial charge in [0.1, 0.15) is 5.69 Å². The first kappa shape index (κ1) is 14.1. The quantitative estimate of drug-likeness (QED) is 0.678. The Morgan fingerprint density at radius 1 is 1.55 bits per heavy atom. The Hall–Kier alpha value is -2.28. The highest BCUT2D eigenvalue weighted by Crippen LogP contribution is 2.22. The number of benzene rings is 1. The van der Waals surface area contributed by atoms with E-state index in [1.165, 1.54) is 23.5 Å². The van der Waals surface area contributed by atoms with Gasteiger partial charge in [0.15, 0.2) is 0 Å². The summed E-state index contributed by atoms with van der Waals surface area (Å²) in [4.78, 5) is 26.2. The minimum absolute atomic E-state index is 0.0175. The molecule has 0 fully saturated rings. The fourth-order valence-corrected chi connectivity index (χ4v) is 2.37. The highest BCUT2D eigenvalue weighted by atomic mass is 32.1. The van der Waals surface area contributed by atoms with Crippen molar-refractivity contribution in [3.8, 4) is 0 Å². The Kier molecular flexibility index (Phi) is 4.41. The average molecular weight is 291 g/mol. The Morgan fingerprint density at radius 2 is 2.35 bits per heavy atom. The standard InChI is InChI=1S/C13H13N3O3S/c1-2-11(15-13(17)12-7-20-8-14-12)9-4-3-5-10(6-9)16(18)19/h3-8,11H,2H2,1H3,(H,15,17)/t11-/m1/s1. The lowest BCUT2D eigenvalue weighted by Gasteiger charge is -2.16. The fraction of sp³-hybridized carbons (Fsp3) is 0.231. The van der Waals surface area contributed by atoms with Crippen LogP contribution in [0.5, 0.6) is 0 Å². The Balaban J connectivity index is 2.18. The van der Waals surface area contributed by atoms with Gasteiger partial charge in [-0.15, -0.1) is 11.3 Å². The topological polar surface area (TPSA) is 85.1 Å². The molecule has 7 heteroatoms. The van der Waals surface area contributed by atoms with Gasteiger partial charge in [-0.25, -0.2) is 4.98 Å². The second kappa shape index (κ2) is 6.25. The Morgan fingerprint density at radius 3 is 2.95 bits per heavy atom. The third-order valence-corrected chi connectivity index (χ3v) is 3.45. The maximum absolute atomic E-state index is 12.0. The predicted octanol–water partition coefficient (Wildman–Crippen LogP) is 2.93. The summed E-state index contributed by atoms with van der Waals surface area (Å²) >= 11 is 1.34. The Bertz CT molecular complexity index is 613. The smallest absolute Gasteiger partial charge is 0.271 e. The first-order valence-electron chi connectivity index (χ1n) is 6.05. The number of carbonyl (C=O) groups excluding carboxylic acids is 1. The summed E-state index contributed by atoms with van der Waals surface area (Å²) in [7, 11) is 0. The zero-order valence-corrected chi connectivity index (χ0v) is 11.6. The molecule has 104 valence electrons. The summed E-state index contributed by atoms with van der Waals surface area (Å²) in [5.74, 6) is -0.274. The molecule has 6 nitrogen and oxygen atoms in total. The molecule has 1 amide bonds. The summed E-state index contributed by atoms with van der Waals surface area (Å²) in [6.45, 7) is 1.91. The van der Waals surface area contributed by atoms with Crippen LogP contribution in [0.2, 0.25) is 0 Å². The van der Waals surface area contributed by atoms with Gasteiger partial charge in [0.25, 0.3) is 11.6 Å². The minimum Gasteiger partial charge on any atom is -0.344 e. The molecule has 0 radical (unpaired) electrons. The van der Waals surface area contributed by atoms with Crippen molar-refractivity contribution in [1.29, 1.82) is 0 Å². The van der Waals surface area contributed by atoms with Gasteiger partial charge in [-0.1, -0.05) is 19.1 Å². The highest BCUT2D eigenvalue weighted by molar-refractivity contribution is 7.07. The molecule has 0 aliphatic heterocycles. The van der Waals surface area contributed by atoms with E-state index in [1.807, 2.05) is 6.92 Å². The number of thiazole rings is 1. The molecule has 20 heavy (non-hydrogen) atoms. The molecule has 0 aliphatic rings. The number of non-ortho nitro benzene ring substituents is 1. The number of nitrogens with one attached hydrogen (secondary N) is 1. The molecule has 2 rings (SSSR count). The van der Waals surface area contributed by atoms with E-state index in [2.05, 4.69) is 10.3 Å². The van der Waals surface area contributed by atoms with Crippen LogP contribution in [-0.4, -0.2) is 15.8 Å². The largest absolute Gasteiger partial charge is 0.344 e. The third-order valence-electron chi connectivity index (χ3n) is 2.86. The van der Waals surface area contributed by atoms with Crippen LogP contribution in [0.1, 0.15) is 35.4 Å². The molecule has 1 atom stereocenters. The first-order chi connectivity index (χ1) is 9.61. The molecule has 1 aromatic heterocycles. The number of amides is 1. The van der Waals surface area contributed by atoms with Crippen molar-refractivity contribution in [3.05, 3.63) is 56.5 Å². The number of carbonyl (C=O) groups is 1. The summed E-state index contributed by atoms with van der Waals surface area (Å²) in [6.07, 6.45) is 0.636. The number of aromatic nitrogens is 1. The van der Waals surface area contributed by atoms with Gasteiger partial charge < -0.3 is 5.32 Å². The van der Waals surface area contributed by atoms with E-state index in [1.54, 1.807) is 23.0 Å². The molecular weight excluding hydrogens is 278 g/mol. The van der Waals surface area contributed by atoms with Crippen molar-refractivity contribution in [2.45, 2.75) is 19.4 Å². The number of nitro benzene ring substituents is 1. The number of rotatable bonds is 5. The van der Waals surface area contributed by atoms with Crippen LogP contribution in [0.15, 0.2) is 35.2 Å². The lowest BCUT2D eigenvalue weighted by Crippen LogP contribution is -2.28. The molecule has 1 N–H and O–H groups in total. The molecule has 0 aliphatic carbocycles. The van der Waals surface area contributed by atoms with Crippen LogP contribution >= 0.6 is 11.3 Å². The lowest BCUT2D eigenvalue weighted by molar-refractivity contribution is -0.384. The van der Waals surface area contributed by atoms with Gasteiger partial charge in [0.05, 0.1) is 16.5 Å². The summed E-state index contributed by atoms with van der Waals surface area (Å²) in [5.41, 5.74) is 2.68. The summed E-state index contributed by atoms with van der Waals surface area (Å²) < 4.78 is 0. The second-order valence-corrected chi connectivity index (χ2v) is 4.88. The van der Waals surface area contributed by atoms with Crippen molar-refractivity contribution < 1.29 is 9.72 Å². The van der Waals surface area contributed by atoms with Gasteiger partial charge in [0, 0.05) is 17.5 Å². The van der Waals surface area contributed by atoms with E-state index >= 15 is 0 Å². The molecule has 2 aromatic rings. The van der Waals surface area contributed by atoms with Crippen molar-refractivity contribution in [2.75, 3.05) is 0 Å². The fourth-order valence-electron chi connectivity index (χ4n) is 1.83. The number of nitro groups is 1. The van der Waals surface area contributed by atoms with Crippen LogP contribution in [0.4, 0.5) is 5.69 Å². The highest BCUT2D eigenvalue weighted by Gasteiger charge is 2.17. The summed E-state index contributed by atoms with van der Waals surface area (Å²) in [6, 6.07) is 6.02. The molecular formula is C13H13N3O3S. The maximum atomic E-state index is 12.0. The molecule has 0 saturated carbocycles. The van der Waals surface area contributed by atoms with E-state index in [4.69, 9.17) is 0 Å². The molecule has 1 aromatic carbocycles. The number of hydrogen-bond acceptors (Lipinski definition) is 5. The minimum atomic E-state index is -0.446. The van der Waals surface area contributed by atoms with Crippen molar-refractivity contribution in [3.63, 3.8) is 0 Å². The SMILES string of the molecule is CC[C@@H](NC(=O)c1cscn1)c1cccc([N+](=O)[O-])c1. The van der Waals surface area contributed by atoms with E-state index in [-0.39, 0.29) is 17.6 Å². The van der Waals surface area contributed by atoms with Gasteiger partial charge in [-0.05, 0) is 12.0 Å². The molecule has 1 heterocycles. The maximum Gasteiger partial charge on any atom is 0.271 e. The molecule has 0 unspecified atom stereocenters. The Labute approximate surface area is 119 Å². The summed E-state index contributed by atoms with van der Waals surface area (Å²) in [5, 5.41) is 15.3. The first-order valence-corrected chi connectivity index (χ1v) is 6.99. The monoisotopic (exact) mass is 291 g/mol. The lowest BCUT2D eigenvalue weighted by atomic mass is 10.0. The third kappa shape index (κ3) is 3.18. The van der Waals surface area contributed by atoms with Gasteiger partial charge >= 0.3 is 0 Å². The van der Waals surface area contributed by atoms with E-state index < -0.39 is 4.92 Å². The molecule has 0 bridgehead atoms. The van der Waals surface area contributed by atoms with Crippen LogP contribution in [0.25, 0.3) is 0 Å². The zero-order valence-electron chi connectivity index (χ0n) is 10.8. The van der Waals surface area contributed by atoms with Crippen LogP contribution in [0, 0.1) is 10.1 Å². The zero-order chi connectivity index (χ0) is 14.5. The van der Waals surface area contributed by atoms with Crippen molar-refractivity contribution >= 4 is 22.9 Å². The van der Waals surface area contributed by atoms with Crippen LogP contribution in [0.3, 0.4) is 0 Å². The van der Waals surface area contributed by atoms with Gasteiger partial charge in [-0.3, -0.25) is 14.9 Å². The predicted molar refractivity (Wildman–Crippen MR) is 75.7 cm³/mol. The van der Waals surface area contributed by atoms with Gasteiger partial charge in [0.2, 0.25) is 0 Å². The van der Waals surface area contributed by atoms with Crippen molar-refractivity contribution in [2.24, 2.45) is 0 Å².